The predicted molar refractivity (Wildman–Crippen MR) is 247 cm³/mol. The molecule has 9 rings (SSSR count). The molecule has 1 atom stereocenters. The Kier molecular flexibility index (Phi) is 14.9. The molecular weight excluding hydrogens is 909 g/mol. The Labute approximate surface area is 401 Å². The van der Waals surface area contributed by atoms with Crippen molar-refractivity contribution in [3.8, 4) is 17.1 Å². The molecule has 5 aromatic rings. The lowest BCUT2D eigenvalue weighted by atomic mass is 9.87. The minimum atomic E-state index is -2.99. The molecule has 1 saturated carbocycles. The van der Waals surface area contributed by atoms with Gasteiger partial charge in [0.05, 0.1) is 55.1 Å². The van der Waals surface area contributed by atoms with Crippen LogP contribution < -0.4 is 16.0 Å². The van der Waals surface area contributed by atoms with E-state index in [1.54, 1.807) is 36.5 Å². The number of hydrogen-bond acceptors (Lipinski definition) is 13. The lowest BCUT2D eigenvalue weighted by Crippen LogP contribution is -2.54. The molecule has 3 fully saturated rings. The summed E-state index contributed by atoms with van der Waals surface area (Å²) in [6.45, 7) is 4.24. The Morgan fingerprint density at radius 3 is 2.43 bits per heavy atom. The molecule has 0 bridgehead atoms. The van der Waals surface area contributed by atoms with Crippen molar-refractivity contribution in [1.82, 2.24) is 40.2 Å². The van der Waals surface area contributed by atoms with Crippen molar-refractivity contribution in [3.05, 3.63) is 113 Å². The largest absolute Gasteiger partial charge is 0.444 e. The maximum atomic E-state index is 14.1. The summed E-state index contributed by atoms with van der Waals surface area (Å²) in [6, 6.07) is 14.1. The maximum absolute atomic E-state index is 14.1. The first-order valence-corrected chi connectivity index (χ1v) is 23.7. The van der Waals surface area contributed by atoms with Gasteiger partial charge in [0.1, 0.15) is 12.3 Å². The minimum absolute atomic E-state index is 0.0724. The molecule has 20 heteroatoms. The molecule has 70 heavy (non-hydrogen) atoms. The number of pyridine rings is 1. The molecule has 18 nitrogen and oxygen atoms in total. The molecule has 366 valence electrons. The third-order valence-electron chi connectivity index (χ3n) is 13.1. The van der Waals surface area contributed by atoms with E-state index in [0.29, 0.717) is 60.1 Å². The average Bonchev–Trinajstić information content (AvgIpc) is 3.76. The number of imide groups is 2. The zero-order valence-electron chi connectivity index (χ0n) is 38.4. The van der Waals surface area contributed by atoms with Crippen molar-refractivity contribution in [2.24, 2.45) is 11.8 Å². The van der Waals surface area contributed by atoms with Crippen molar-refractivity contribution in [1.29, 1.82) is 0 Å². The monoisotopic (exact) mass is 961 g/mol. The number of carbonyl (C=O) groups is 6. The van der Waals surface area contributed by atoms with Crippen LogP contribution in [0, 0.1) is 11.8 Å². The van der Waals surface area contributed by atoms with Gasteiger partial charge in [0.15, 0.2) is 11.4 Å². The second kappa shape index (κ2) is 21.7. The molecule has 0 spiro atoms. The van der Waals surface area contributed by atoms with Crippen LogP contribution in [0.25, 0.3) is 17.1 Å². The van der Waals surface area contributed by atoms with Crippen molar-refractivity contribution >= 4 is 41.1 Å². The summed E-state index contributed by atoms with van der Waals surface area (Å²) in [5.41, 5.74) is 2.82. The Hall–Kier alpha value is -7.03. The van der Waals surface area contributed by atoms with Crippen molar-refractivity contribution < 1.29 is 51.4 Å². The van der Waals surface area contributed by atoms with Gasteiger partial charge in [-0.3, -0.25) is 44.0 Å². The molecule has 0 radical (unpaired) electrons. The van der Waals surface area contributed by atoms with Crippen LogP contribution >= 0.6 is 0 Å². The van der Waals surface area contributed by atoms with Crippen LogP contribution in [0.3, 0.4) is 0 Å². The first-order chi connectivity index (χ1) is 34.0. The van der Waals surface area contributed by atoms with E-state index in [1.807, 2.05) is 12.1 Å². The van der Waals surface area contributed by atoms with Gasteiger partial charge in [0.2, 0.25) is 17.7 Å². The summed E-state index contributed by atoms with van der Waals surface area (Å²) in [4.78, 5) is 88.8. The van der Waals surface area contributed by atoms with Crippen LogP contribution in [0.4, 0.5) is 14.5 Å². The molecule has 2 saturated heterocycles. The van der Waals surface area contributed by atoms with Gasteiger partial charge in [-0.05, 0) is 111 Å². The molecular formula is C50H53F2N9O9. The van der Waals surface area contributed by atoms with Crippen molar-refractivity contribution in [2.75, 3.05) is 57.9 Å². The summed E-state index contributed by atoms with van der Waals surface area (Å²) < 4.78 is 46.3. The number of carbonyl (C=O) groups excluding carboxylic acids is 6. The van der Waals surface area contributed by atoms with Gasteiger partial charge in [-0.1, -0.05) is 25.0 Å². The van der Waals surface area contributed by atoms with Crippen LogP contribution in [0.15, 0.2) is 77.7 Å². The average molecular weight is 962 g/mol. The molecule has 6 heterocycles. The molecule has 3 aromatic heterocycles. The van der Waals surface area contributed by atoms with E-state index in [2.05, 4.69) is 35.9 Å². The molecule has 4 aliphatic rings. The van der Waals surface area contributed by atoms with Crippen LogP contribution in [0.1, 0.15) is 110 Å². The first-order valence-electron chi connectivity index (χ1n) is 23.7. The number of likely N-dealkylation sites (tertiary alicyclic amines) is 1. The SMILES string of the molecule is O=C1CCC(N2C(=O)c3cccc(CC4CCN(CCOCCOCCNC(=O)c5ccc(-n6cc(NC(=O)c7coc(-c8ccnc(CCC9CC9)c8)n7)c(C(F)F)n6)cc5)CC4)c3C2=O)C(=O)N1. The number of ether oxygens (including phenoxy) is 2. The van der Waals surface area contributed by atoms with Crippen LogP contribution in [-0.4, -0.2) is 124 Å². The number of piperidine rings is 2. The summed E-state index contributed by atoms with van der Waals surface area (Å²) >= 11 is 0. The number of rotatable bonds is 21. The molecule has 2 aromatic carbocycles. The zero-order chi connectivity index (χ0) is 48.7. The Morgan fingerprint density at radius 2 is 1.67 bits per heavy atom. The molecule has 6 amide bonds. The number of hydrogen-bond donors (Lipinski definition) is 3. The number of aromatic nitrogens is 4. The number of aryl methyl sites for hydroxylation is 1. The van der Waals surface area contributed by atoms with Gasteiger partial charge >= 0.3 is 0 Å². The maximum Gasteiger partial charge on any atom is 0.284 e. The summed E-state index contributed by atoms with van der Waals surface area (Å²) in [6.07, 6.45) is 8.18. The van der Waals surface area contributed by atoms with Crippen LogP contribution in [0.2, 0.25) is 0 Å². The lowest BCUT2D eigenvalue weighted by molar-refractivity contribution is -0.136. The molecule has 1 unspecified atom stereocenters. The van der Waals surface area contributed by atoms with Gasteiger partial charge < -0.3 is 29.4 Å². The number of nitrogens with zero attached hydrogens (tertiary/aromatic N) is 6. The summed E-state index contributed by atoms with van der Waals surface area (Å²) in [7, 11) is 0. The third kappa shape index (κ3) is 11.4. The number of oxazole rings is 1. The third-order valence-corrected chi connectivity index (χ3v) is 13.1. The van der Waals surface area contributed by atoms with Crippen molar-refractivity contribution in [3.63, 3.8) is 0 Å². The Bertz CT molecular complexity index is 2750. The second-order valence-electron chi connectivity index (χ2n) is 18.0. The number of fused-ring (bicyclic) bond motifs is 1. The molecule has 3 aliphatic heterocycles. The van der Waals surface area contributed by atoms with Gasteiger partial charge in [0, 0.05) is 42.5 Å². The van der Waals surface area contributed by atoms with Gasteiger partial charge in [-0.25, -0.2) is 18.4 Å². The van der Waals surface area contributed by atoms with E-state index in [0.717, 1.165) is 67.4 Å². The highest BCUT2D eigenvalue weighted by Gasteiger charge is 2.45. The highest BCUT2D eigenvalue weighted by Crippen LogP contribution is 2.35. The number of anilines is 1. The van der Waals surface area contributed by atoms with E-state index in [1.165, 1.54) is 42.1 Å². The molecule has 1 aliphatic carbocycles. The number of amides is 6. The number of halogens is 2. The Balaban J connectivity index is 0.652. The first kappa shape index (κ1) is 48.0. The van der Waals surface area contributed by atoms with E-state index in [4.69, 9.17) is 13.9 Å². The summed E-state index contributed by atoms with van der Waals surface area (Å²) in [5, 5.41) is 11.5. The van der Waals surface area contributed by atoms with Crippen molar-refractivity contribution in [2.45, 2.75) is 70.3 Å². The van der Waals surface area contributed by atoms with Crippen LogP contribution in [0.5, 0.6) is 0 Å². The highest BCUT2D eigenvalue weighted by atomic mass is 19.3. The molecule has 3 N–H and O–H groups in total. The Morgan fingerprint density at radius 1 is 0.886 bits per heavy atom. The lowest BCUT2D eigenvalue weighted by Gasteiger charge is -2.32. The predicted octanol–water partition coefficient (Wildman–Crippen LogP) is 5.57. The van der Waals surface area contributed by atoms with E-state index < -0.39 is 47.7 Å². The number of nitrogens with one attached hydrogen (secondary N) is 3. The quantitative estimate of drug-likeness (QED) is 0.0606. The minimum Gasteiger partial charge on any atom is -0.444 e. The fourth-order valence-electron chi connectivity index (χ4n) is 9.08. The number of benzene rings is 2. The van der Waals surface area contributed by atoms with Crippen LogP contribution in [-0.2, 0) is 31.9 Å². The van der Waals surface area contributed by atoms with Gasteiger partial charge in [-0.15, -0.1) is 0 Å². The summed E-state index contributed by atoms with van der Waals surface area (Å²) in [5.74, 6) is -1.81. The van der Waals surface area contributed by atoms with Gasteiger partial charge in [-0.2, -0.15) is 5.10 Å². The normalized spacial score (nSPS) is 17.6. The van der Waals surface area contributed by atoms with E-state index in [-0.39, 0.29) is 49.2 Å². The smallest absolute Gasteiger partial charge is 0.284 e. The fourth-order valence-corrected chi connectivity index (χ4v) is 9.08. The standard InChI is InChI=1S/C50H53F2N9O9/c51-44(52)43-38(55-46(64)39-29-70-48(56-39)34-14-17-53-35(27-34)9-6-30-4-5-30)28-60(58-43)36-10-7-32(8-11-36)45(63)54-18-22-68-24-25-69-23-21-59-19-15-31(16-20-59)26-33-2-1-3-37-42(33)50(67)61(49(37)66)40-12-13-41(62)57-47(40)65/h1-3,7-8,10-11,14,17,27-31,40,44H,4-6,9,12-13,15-16,18-26H2,(H,54,63)(H,55,64)(H,57,62,65). The van der Waals surface area contributed by atoms with Gasteiger partial charge in [0.25, 0.3) is 30.1 Å². The zero-order valence-corrected chi connectivity index (χ0v) is 38.4. The second-order valence-corrected chi connectivity index (χ2v) is 18.0. The fraction of sp³-hybridized carbons (Fsp3) is 0.420. The van der Waals surface area contributed by atoms with E-state index >= 15 is 0 Å². The topological polar surface area (TPSA) is 220 Å². The highest BCUT2D eigenvalue weighted by molar-refractivity contribution is 6.24. The van der Waals surface area contributed by atoms with E-state index in [9.17, 15) is 37.5 Å². The number of alkyl halides is 2.